The SMILES string of the molecule is Cc1ccc(C2CCCC2)cc1-c1ccc2cc(C3CCCC3)ccc2[n+]1C. The molecule has 0 unspecified atom stereocenters. The van der Waals surface area contributed by atoms with Gasteiger partial charge in [0.2, 0.25) is 11.2 Å². The van der Waals surface area contributed by atoms with Crippen molar-refractivity contribution in [2.24, 2.45) is 7.05 Å². The largest absolute Gasteiger partial charge is 0.213 e. The normalized spacial score (nSPS) is 18.4. The summed E-state index contributed by atoms with van der Waals surface area (Å²) in [5.41, 5.74) is 8.52. The van der Waals surface area contributed by atoms with Gasteiger partial charge in [-0.3, -0.25) is 0 Å². The third-order valence-corrected chi connectivity index (χ3v) is 7.39. The smallest absolute Gasteiger partial charge is 0.194 e. The van der Waals surface area contributed by atoms with Gasteiger partial charge in [-0.15, -0.1) is 0 Å². The lowest BCUT2D eigenvalue weighted by atomic mass is 9.92. The highest BCUT2D eigenvalue weighted by Gasteiger charge is 2.22. The standard InChI is InChI=1S/C27H32N/c1-19-11-12-23(21-9-5-6-10-21)18-25(19)27-16-14-24-17-22(20-7-3-4-8-20)13-15-26(24)28(27)2/h11-18,20-21H,3-10H2,1-2H3/q+1. The summed E-state index contributed by atoms with van der Waals surface area (Å²) in [4.78, 5) is 0. The van der Waals surface area contributed by atoms with E-state index in [1.165, 1.54) is 90.2 Å². The Hall–Kier alpha value is -2.15. The van der Waals surface area contributed by atoms with Gasteiger partial charge in [0.05, 0.1) is 0 Å². The van der Waals surface area contributed by atoms with Gasteiger partial charge < -0.3 is 0 Å². The lowest BCUT2D eigenvalue weighted by Gasteiger charge is -2.14. The van der Waals surface area contributed by atoms with Crippen LogP contribution in [0.25, 0.3) is 22.2 Å². The van der Waals surface area contributed by atoms with Crippen LogP contribution in [0.5, 0.6) is 0 Å². The molecule has 28 heavy (non-hydrogen) atoms. The monoisotopic (exact) mass is 370 g/mol. The van der Waals surface area contributed by atoms with Gasteiger partial charge >= 0.3 is 0 Å². The van der Waals surface area contributed by atoms with Crippen molar-refractivity contribution in [2.75, 3.05) is 0 Å². The number of aryl methyl sites for hydroxylation is 2. The van der Waals surface area contributed by atoms with E-state index in [1.807, 2.05) is 0 Å². The topological polar surface area (TPSA) is 3.88 Å². The van der Waals surface area contributed by atoms with Crippen molar-refractivity contribution in [2.45, 2.75) is 70.1 Å². The molecule has 1 aromatic heterocycles. The molecule has 2 aliphatic rings. The average molecular weight is 371 g/mol. The quantitative estimate of drug-likeness (QED) is 0.439. The van der Waals surface area contributed by atoms with Gasteiger partial charge in [0.25, 0.3) is 0 Å². The Balaban J connectivity index is 1.56. The molecule has 0 spiro atoms. The molecule has 1 heteroatoms. The number of rotatable bonds is 3. The van der Waals surface area contributed by atoms with Gasteiger partial charge in [-0.2, -0.15) is 4.57 Å². The predicted octanol–water partition coefficient (Wildman–Crippen LogP) is 6.95. The molecule has 0 radical (unpaired) electrons. The number of hydrogen-bond donors (Lipinski definition) is 0. The molecule has 0 bridgehead atoms. The van der Waals surface area contributed by atoms with E-state index in [0.717, 1.165) is 11.8 Å². The Morgan fingerprint density at radius 2 is 1.32 bits per heavy atom. The first-order chi connectivity index (χ1) is 13.7. The molecule has 2 aliphatic carbocycles. The van der Waals surface area contributed by atoms with Crippen LogP contribution in [0, 0.1) is 6.92 Å². The first-order valence-corrected chi connectivity index (χ1v) is 11.2. The van der Waals surface area contributed by atoms with E-state index in [9.17, 15) is 0 Å². The minimum Gasteiger partial charge on any atom is -0.194 e. The summed E-state index contributed by atoms with van der Waals surface area (Å²) in [5.74, 6) is 1.54. The van der Waals surface area contributed by atoms with Crippen LogP contribution in [-0.4, -0.2) is 0 Å². The summed E-state index contributed by atoms with van der Waals surface area (Å²) >= 11 is 0. The van der Waals surface area contributed by atoms with Gasteiger partial charge in [-0.05, 0) is 79.3 Å². The number of aromatic nitrogens is 1. The number of nitrogens with zero attached hydrogens (tertiary/aromatic N) is 1. The molecule has 2 fully saturated rings. The van der Waals surface area contributed by atoms with Crippen LogP contribution in [0.4, 0.5) is 0 Å². The van der Waals surface area contributed by atoms with E-state index in [2.05, 4.69) is 67.1 Å². The Morgan fingerprint density at radius 3 is 2.00 bits per heavy atom. The van der Waals surface area contributed by atoms with Crippen molar-refractivity contribution in [1.29, 1.82) is 0 Å². The lowest BCUT2D eigenvalue weighted by molar-refractivity contribution is -0.633. The predicted molar refractivity (Wildman–Crippen MR) is 118 cm³/mol. The first-order valence-electron chi connectivity index (χ1n) is 11.2. The molecule has 2 saturated carbocycles. The van der Waals surface area contributed by atoms with Crippen LogP contribution in [0.3, 0.4) is 0 Å². The Morgan fingerprint density at radius 1 is 0.714 bits per heavy atom. The molecular formula is C27H32N+. The van der Waals surface area contributed by atoms with Crippen LogP contribution in [0.1, 0.15) is 79.9 Å². The van der Waals surface area contributed by atoms with Crippen LogP contribution >= 0.6 is 0 Å². The lowest BCUT2D eigenvalue weighted by Crippen LogP contribution is -2.32. The van der Waals surface area contributed by atoms with Crippen LogP contribution in [-0.2, 0) is 7.05 Å². The number of hydrogen-bond acceptors (Lipinski definition) is 0. The second kappa shape index (κ2) is 7.35. The zero-order valence-electron chi connectivity index (χ0n) is 17.4. The second-order valence-electron chi connectivity index (χ2n) is 9.13. The van der Waals surface area contributed by atoms with Crippen LogP contribution in [0.15, 0.2) is 48.5 Å². The van der Waals surface area contributed by atoms with Crippen molar-refractivity contribution in [1.82, 2.24) is 0 Å². The van der Waals surface area contributed by atoms with Gasteiger partial charge in [0.15, 0.2) is 0 Å². The molecule has 0 atom stereocenters. The molecule has 3 aromatic rings. The van der Waals surface area contributed by atoms with Crippen molar-refractivity contribution < 1.29 is 4.57 Å². The molecule has 1 heterocycles. The van der Waals surface area contributed by atoms with E-state index < -0.39 is 0 Å². The maximum Gasteiger partial charge on any atom is 0.213 e. The fraction of sp³-hybridized carbons (Fsp3) is 0.444. The van der Waals surface area contributed by atoms with E-state index in [4.69, 9.17) is 0 Å². The molecule has 0 saturated heterocycles. The van der Waals surface area contributed by atoms with E-state index in [-0.39, 0.29) is 0 Å². The van der Waals surface area contributed by atoms with Crippen LogP contribution < -0.4 is 4.57 Å². The second-order valence-corrected chi connectivity index (χ2v) is 9.13. The maximum absolute atomic E-state index is 2.47. The third kappa shape index (κ3) is 3.15. The fourth-order valence-electron chi connectivity index (χ4n) is 5.63. The fourth-order valence-corrected chi connectivity index (χ4v) is 5.63. The molecule has 0 N–H and O–H groups in total. The molecule has 2 aromatic carbocycles. The summed E-state index contributed by atoms with van der Waals surface area (Å²) < 4.78 is 2.40. The molecular weight excluding hydrogens is 338 g/mol. The summed E-state index contributed by atoms with van der Waals surface area (Å²) in [7, 11) is 2.23. The first kappa shape index (κ1) is 17.9. The Bertz CT molecular complexity index is 1000. The molecule has 5 rings (SSSR count). The summed E-state index contributed by atoms with van der Waals surface area (Å²) in [6.07, 6.45) is 11.0. The highest BCUT2D eigenvalue weighted by atomic mass is 14.9. The van der Waals surface area contributed by atoms with E-state index in [0.29, 0.717) is 0 Å². The molecule has 0 amide bonds. The van der Waals surface area contributed by atoms with E-state index in [1.54, 1.807) is 0 Å². The minimum absolute atomic E-state index is 0.763. The number of pyridine rings is 1. The zero-order valence-corrected chi connectivity index (χ0v) is 17.4. The average Bonchev–Trinajstić information content (AvgIpc) is 3.43. The third-order valence-electron chi connectivity index (χ3n) is 7.39. The number of benzene rings is 2. The van der Waals surface area contributed by atoms with Gasteiger partial charge in [0, 0.05) is 23.1 Å². The van der Waals surface area contributed by atoms with Gasteiger partial charge in [-0.25, -0.2) is 0 Å². The zero-order chi connectivity index (χ0) is 19.1. The Kier molecular flexibility index (Phi) is 4.70. The summed E-state index contributed by atoms with van der Waals surface area (Å²) in [5, 5.41) is 1.38. The van der Waals surface area contributed by atoms with Crippen molar-refractivity contribution in [3.8, 4) is 11.3 Å². The summed E-state index contributed by atoms with van der Waals surface area (Å²) in [6, 6.07) is 19.0. The number of fused-ring (bicyclic) bond motifs is 1. The highest BCUT2D eigenvalue weighted by molar-refractivity contribution is 5.79. The van der Waals surface area contributed by atoms with Crippen molar-refractivity contribution >= 4 is 10.9 Å². The Labute approximate surface area is 169 Å². The van der Waals surface area contributed by atoms with Gasteiger partial charge in [0.1, 0.15) is 7.05 Å². The summed E-state index contributed by atoms with van der Waals surface area (Å²) in [6.45, 7) is 2.25. The molecule has 144 valence electrons. The maximum atomic E-state index is 2.47. The minimum atomic E-state index is 0.763. The van der Waals surface area contributed by atoms with Crippen molar-refractivity contribution in [3.05, 3.63) is 65.2 Å². The highest BCUT2D eigenvalue weighted by Crippen LogP contribution is 2.37. The molecule has 0 aliphatic heterocycles. The van der Waals surface area contributed by atoms with E-state index >= 15 is 0 Å². The van der Waals surface area contributed by atoms with Crippen molar-refractivity contribution in [3.63, 3.8) is 0 Å². The molecule has 1 nitrogen and oxygen atoms in total. The van der Waals surface area contributed by atoms with Gasteiger partial charge in [-0.1, -0.05) is 43.9 Å². The van der Waals surface area contributed by atoms with Crippen LogP contribution in [0.2, 0.25) is 0 Å².